The zero-order valence-electron chi connectivity index (χ0n) is 26.4. The average molecular weight is 585 g/mol. The zero-order chi connectivity index (χ0) is 30.5. The molecule has 0 aliphatic heterocycles. The Balaban J connectivity index is 0.000000783. The summed E-state index contributed by atoms with van der Waals surface area (Å²) in [5, 5.41) is 43.6. The first-order chi connectivity index (χ1) is 19.8. The van der Waals surface area contributed by atoms with Crippen molar-refractivity contribution in [2.45, 2.75) is 145 Å². The maximum Gasteiger partial charge on any atom is 0.127 e. The monoisotopic (exact) mass is 584 g/mol. The number of unbranched alkanes of at least 4 members (excludes halogenated alkanes) is 12. The molecule has 0 aliphatic rings. The SMILES string of the molecule is C.CCCCCCCCCc1cc(C)c(O)c(/C(C)=N\O)c1.CCCCCCCCCc1cc(C)c(O)c(/C=N\O)c1. The van der Waals surface area contributed by atoms with E-state index in [-0.39, 0.29) is 18.9 Å². The minimum absolute atomic E-state index is 0. The predicted molar refractivity (Wildman–Crippen MR) is 179 cm³/mol. The van der Waals surface area contributed by atoms with Crippen molar-refractivity contribution in [3.05, 3.63) is 57.6 Å². The molecule has 0 fully saturated rings. The van der Waals surface area contributed by atoms with Crippen molar-refractivity contribution in [3.8, 4) is 11.5 Å². The molecule has 0 aromatic heterocycles. The molecule has 2 aromatic carbocycles. The number of hydrogen-bond acceptors (Lipinski definition) is 6. The molecule has 0 radical (unpaired) electrons. The highest BCUT2D eigenvalue weighted by atomic mass is 16.4. The van der Waals surface area contributed by atoms with Crippen LogP contribution in [-0.2, 0) is 12.8 Å². The van der Waals surface area contributed by atoms with E-state index in [1.807, 2.05) is 38.1 Å². The quantitative estimate of drug-likeness (QED) is 0.0605. The number of phenols is 2. The summed E-state index contributed by atoms with van der Waals surface area (Å²) in [6.07, 6.45) is 21.5. The second-order valence-corrected chi connectivity index (χ2v) is 11.3. The highest BCUT2D eigenvalue weighted by molar-refractivity contribution is 6.01. The van der Waals surface area contributed by atoms with E-state index in [0.717, 1.165) is 24.0 Å². The van der Waals surface area contributed by atoms with Crippen LogP contribution in [-0.4, -0.2) is 32.6 Å². The van der Waals surface area contributed by atoms with E-state index in [4.69, 9.17) is 10.4 Å². The average Bonchev–Trinajstić information content (AvgIpc) is 2.96. The lowest BCUT2D eigenvalue weighted by Gasteiger charge is -2.10. The van der Waals surface area contributed by atoms with Crippen LogP contribution in [0.3, 0.4) is 0 Å². The standard InChI is InChI=1S/C18H29NO2.C17H27NO2.CH4/c1-4-5-6-7-8-9-10-11-16-12-14(2)18(20)17(13-16)15(3)19-21;1-3-4-5-6-7-8-9-10-15-11-14(2)17(19)16(12-15)13-18-20;/h12-13,20-21H,4-11H2,1-3H3;11-13,19-20H,3-10H2,1-2H3;1H4/b19-15-;18-13-;. The van der Waals surface area contributed by atoms with Crippen LogP contribution in [0.25, 0.3) is 0 Å². The third-order valence-electron chi connectivity index (χ3n) is 7.62. The Morgan fingerprint density at radius 1 is 0.643 bits per heavy atom. The predicted octanol–water partition coefficient (Wildman–Crippen LogP) is 10.6. The summed E-state index contributed by atoms with van der Waals surface area (Å²) < 4.78 is 0. The minimum Gasteiger partial charge on any atom is -0.507 e. The maximum atomic E-state index is 10.0. The summed E-state index contributed by atoms with van der Waals surface area (Å²) in [6.45, 7) is 9.94. The summed E-state index contributed by atoms with van der Waals surface area (Å²) in [5.74, 6) is 0.416. The fourth-order valence-electron chi connectivity index (χ4n) is 5.09. The molecular weight excluding hydrogens is 524 g/mol. The van der Waals surface area contributed by atoms with Gasteiger partial charge in [-0.3, -0.25) is 0 Å². The molecule has 0 unspecified atom stereocenters. The van der Waals surface area contributed by atoms with Gasteiger partial charge in [0.1, 0.15) is 11.5 Å². The number of aromatic hydroxyl groups is 2. The van der Waals surface area contributed by atoms with Crippen LogP contribution >= 0.6 is 0 Å². The summed E-state index contributed by atoms with van der Waals surface area (Å²) in [7, 11) is 0. The molecule has 0 spiro atoms. The maximum absolute atomic E-state index is 10.0. The van der Waals surface area contributed by atoms with Gasteiger partial charge in [0.05, 0.1) is 11.9 Å². The Morgan fingerprint density at radius 3 is 1.52 bits per heavy atom. The van der Waals surface area contributed by atoms with E-state index in [9.17, 15) is 10.2 Å². The molecule has 6 heteroatoms. The number of aryl methyl sites for hydroxylation is 4. The molecule has 0 heterocycles. The fraction of sp³-hybridized carbons (Fsp3) is 0.611. The fourth-order valence-corrected chi connectivity index (χ4v) is 5.09. The van der Waals surface area contributed by atoms with Crippen LogP contribution < -0.4 is 0 Å². The van der Waals surface area contributed by atoms with Crippen LogP contribution in [0.5, 0.6) is 11.5 Å². The van der Waals surface area contributed by atoms with Crippen LogP contribution in [0.4, 0.5) is 0 Å². The normalized spacial score (nSPS) is 11.3. The number of oxime groups is 2. The highest BCUT2D eigenvalue weighted by Gasteiger charge is 2.10. The van der Waals surface area contributed by atoms with E-state index in [0.29, 0.717) is 16.8 Å². The highest BCUT2D eigenvalue weighted by Crippen LogP contribution is 2.26. The van der Waals surface area contributed by atoms with Crippen molar-refractivity contribution < 1.29 is 20.6 Å². The van der Waals surface area contributed by atoms with Crippen molar-refractivity contribution in [3.63, 3.8) is 0 Å². The van der Waals surface area contributed by atoms with Gasteiger partial charge < -0.3 is 20.6 Å². The Bertz CT molecular complexity index is 1060. The second kappa shape index (κ2) is 23.5. The molecule has 0 aliphatic carbocycles. The number of phenolic OH excluding ortho intramolecular Hbond substituents is 2. The Kier molecular flexibility index (Phi) is 21.8. The van der Waals surface area contributed by atoms with Crippen molar-refractivity contribution in [2.75, 3.05) is 0 Å². The summed E-state index contributed by atoms with van der Waals surface area (Å²) in [4.78, 5) is 0. The lowest BCUT2D eigenvalue weighted by molar-refractivity contribution is 0.318. The summed E-state index contributed by atoms with van der Waals surface area (Å²) >= 11 is 0. The van der Waals surface area contributed by atoms with Gasteiger partial charge >= 0.3 is 0 Å². The van der Waals surface area contributed by atoms with Gasteiger partial charge in [-0.2, -0.15) is 0 Å². The van der Waals surface area contributed by atoms with Crippen molar-refractivity contribution in [1.82, 2.24) is 0 Å². The van der Waals surface area contributed by atoms with Crippen molar-refractivity contribution in [2.24, 2.45) is 10.3 Å². The van der Waals surface area contributed by atoms with E-state index in [2.05, 4.69) is 24.2 Å². The van der Waals surface area contributed by atoms with Crippen molar-refractivity contribution in [1.29, 1.82) is 0 Å². The molecule has 2 aromatic rings. The number of benzene rings is 2. The lowest BCUT2D eigenvalue weighted by atomic mass is 9.98. The van der Waals surface area contributed by atoms with Gasteiger partial charge in [-0.25, -0.2) is 0 Å². The van der Waals surface area contributed by atoms with E-state index < -0.39 is 0 Å². The first kappa shape index (κ1) is 39.0. The van der Waals surface area contributed by atoms with Crippen LogP contribution in [0.15, 0.2) is 34.6 Å². The van der Waals surface area contributed by atoms with E-state index >= 15 is 0 Å². The molecule has 4 N–H and O–H groups in total. The molecule has 42 heavy (non-hydrogen) atoms. The van der Waals surface area contributed by atoms with Crippen LogP contribution in [0.1, 0.15) is 151 Å². The second-order valence-electron chi connectivity index (χ2n) is 11.3. The first-order valence-electron chi connectivity index (χ1n) is 15.8. The molecule has 6 nitrogen and oxygen atoms in total. The van der Waals surface area contributed by atoms with Crippen LogP contribution in [0.2, 0.25) is 0 Å². The van der Waals surface area contributed by atoms with Gasteiger partial charge in [-0.1, -0.05) is 121 Å². The number of hydrogen-bond donors (Lipinski definition) is 4. The molecule has 0 bridgehead atoms. The van der Waals surface area contributed by atoms with Gasteiger partial charge in [-0.15, -0.1) is 0 Å². The van der Waals surface area contributed by atoms with Crippen LogP contribution in [0, 0.1) is 13.8 Å². The zero-order valence-corrected chi connectivity index (χ0v) is 26.4. The summed E-state index contributed by atoms with van der Waals surface area (Å²) in [5.41, 5.74) is 5.76. The largest absolute Gasteiger partial charge is 0.507 e. The van der Waals surface area contributed by atoms with Gasteiger partial charge in [0.25, 0.3) is 0 Å². The van der Waals surface area contributed by atoms with Gasteiger partial charge in [0.15, 0.2) is 0 Å². The third-order valence-corrected chi connectivity index (χ3v) is 7.62. The minimum atomic E-state index is 0. The topological polar surface area (TPSA) is 106 Å². The molecular formula is C36H60N2O4. The Hall–Kier alpha value is -3.02. The van der Waals surface area contributed by atoms with Gasteiger partial charge in [0, 0.05) is 11.1 Å². The molecule has 238 valence electrons. The molecule has 0 amide bonds. The smallest absolute Gasteiger partial charge is 0.127 e. The van der Waals surface area contributed by atoms with E-state index in [1.165, 1.54) is 107 Å². The first-order valence-corrected chi connectivity index (χ1v) is 15.8. The molecule has 0 saturated heterocycles. The number of rotatable bonds is 18. The van der Waals surface area contributed by atoms with Gasteiger partial charge in [0.2, 0.25) is 0 Å². The van der Waals surface area contributed by atoms with Gasteiger partial charge in [-0.05, 0) is 80.8 Å². The summed E-state index contributed by atoms with van der Waals surface area (Å²) in [6, 6.07) is 7.88. The Labute approximate surface area is 256 Å². The lowest BCUT2D eigenvalue weighted by Crippen LogP contribution is -1.99. The molecule has 0 saturated carbocycles. The Morgan fingerprint density at radius 2 is 1.07 bits per heavy atom. The molecule has 0 atom stereocenters. The number of nitrogens with zero attached hydrogens (tertiary/aromatic N) is 2. The molecule has 2 rings (SSSR count). The van der Waals surface area contributed by atoms with Crippen molar-refractivity contribution >= 4 is 11.9 Å². The van der Waals surface area contributed by atoms with E-state index in [1.54, 1.807) is 6.92 Å². The third kappa shape index (κ3) is 15.3.